The molecule has 7 heteroatoms. The Morgan fingerprint density at radius 1 is 1.56 bits per heavy atom. The molecule has 1 aromatic rings. The van der Waals surface area contributed by atoms with Crippen LogP contribution in [-0.4, -0.2) is 47.4 Å². The molecule has 0 fully saturated rings. The molecule has 0 aromatic carbocycles. The number of aliphatic hydroxyl groups excluding tert-OH is 1. The molecule has 7 nitrogen and oxygen atoms in total. The van der Waals surface area contributed by atoms with Crippen molar-refractivity contribution in [2.45, 2.75) is 19.9 Å². The van der Waals surface area contributed by atoms with Gasteiger partial charge in [-0.2, -0.15) is 4.98 Å². The Morgan fingerprint density at radius 2 is 2.28 bits per heavy atom. The van der Waals surface area contributed by atoms with Crippen molar-refractivity contribution in [1.29, 1.82) is 0 Å². The molecule has 0 spiro atoms. The maximum Gasteiger partial charge on any atom is 0.330 e. The number of carbonyl (C=O) groups is 1. The molecule has 0 amide bonds. The van der Waals surface area contributed by atoms with Crippen molar-refractivity contribution >= 4 is 11.8 Å². The Labute approximate surface area is 105 Å². The molecule has 0 radical (unpaired) electrons. The fraction of sp³-hybridized carbons (Fsp3) is 0.545. The highest BCUT2D eigenvalue weighted by atomic mass is 16.5. The molecule has 0 aliphatic heterocycles. The third-order valence-electron chi connectivity index (χ3n) is 2.10. The van der Waals surface area contributed by atoms with E-state index in [1.165, 1.54) is 7.11 Å². The number of methoxy groups -OCH3 is 1. The number of aromatic nitrogens is 2. The van der Waals surface area contributed by atoms with Crippen molar-refractivity contribution in [2.24, 2.45) is 0 Å². The molecule has 1 atom stereocenters. The molecule has 1 rings (SSSR count). The maximum atomic E-state index is 11.3. The van der Waals surface area contributed by atoms with E-state index < -0.39 is 12.0 Å². The van der Waals surface area contributed by atoms with E-state index in [9.17, 15) is 4.79 Å². The van der Waals surface area contributed by atoms with Gasteiger partial charge in [0.2, 0.25) is 5.88 Å². The van der Waals surface area contributed by atoms with E-state index in [-0.39, 0.29) is 6.61 Å². The van der Waals surface area contributed by atoms with Crippen LogP contribution < -0.4 is 10.1 Å². The molecule has 0 aliphatic carbocycles. The zero-order valence-corrected chi connectivity index (χ0v) is 10.6. The van der Waals surface area contributed by atoms with Gasteiger partial charge in [-0.1, -0.05) is 0 Å². The van der Waals surface area contributed by atoms with Crippen molar-refractivity contribution in [2.75, 3.05) is 25.6 Å². The molecular formula is C11H17N3O4. The number of rotatable bonds is 6. The summed E-state index contributed by atoms with van der Waals surface area (Å²) >= 11 is 0. The van der Waals surface area contributed by atoms with Crippen molar-refractivity contribution < 1.29 is 19.4 Å². The van der Waals surface area contributed by atoms with Crippen LogP contribution in [0.2, 0.25) is 0 Å². The normalized spacial score (nSPS) is 11.8. The summed E-state index contributed by atoms with van der Waals surface area (Å²) in [5.74, 6) is 0.751. The molecule has 100 valence electrons. The molecule has 1 unspecified atom stereocenters. The van der Waals surface area contributed by atoms with Crippen LogP contribution in [0.15, 0.2) is 6.07 Å². The number of nitrogens with zero attached hydrogens (tertiary/aromatic N) is 2. The SMILES string of the molecule is CCOc1cc(NC(CO)C(=O)OC)nc(C)n1. The fourth-order valence-corrected chi connectivity index (χ4v) is 1.34. The minimum Gasteiger partial charge on any atom is -0.478 e. The van der Waals surface area contributed by atoms with Crippen LogP contribution in [0, 0.1) is 6.92 Å². The number of esters is 1. The van der Waals surface area contributed by atoms with Gasteiger partial charge in [0.15, 0.2) is 0 Å². The summed E-state index contributed by atoms with van der Waals surface area (Å²) < 4.78 is 9.81. The second-order valence-corrected chi connectivity index (χ2v) is 3.47. The topological polar surface area (TPSA) is 93.6 Å². The molecule has 18 heavy (non-hydrogen) atoms. The average molecular weight is 255 g/mol. The summed E-state index contributed by atoms with van der Waals surface area (Å²) in [6, 6.07) is 0.695. The van der Waals surface area contributed by atoms with E-state index in [1.54, 1.807) is 13.0 Å². The van der Waals surface area contributed by atoms with Crippen molar-refractivity contribution in [3.05, 3.63) is 11.9 Å². The summed E-state index contributed by atoms with van der Waals surface area (Å²) in [6.07, 6.45) is 0. The van der Waals surface area contributed by atoms with E-state index in [2.05, 4.69) is 20.0 Å². The standard InChI is InChI=1S/C11H17N3O4/c1-4-18-10-5-9(12-7(2)13-10)14-8(6-15)11(16)17-3/h5,8,15H,4,6H2,1-3H3,(H,12,13,14). The van der Waals surface area contributed by atoms with Gasteiger partial charge in [-0.25, -0.2) is 9.78 Å². The van der Waals surface area contributed by atoms with Crippen LogP contribution in [0.1, 0.15) is 12.7 Å². The molecular weight excluding hydrogens is 238 g/mol. The molecule has 0 saturated carbocycles. The molecule has 1 heterocycles. The van der Waals surface area contributed by atoms with E-state index in [0.717, 1.165) is 0 Å². The van der Waals surface area contributed by atoms with Gasteiger partial charge in [0.05, 0.1) is 20.3 Å². The summed E-state index contributed by atoms with van der Waals surface area (Å²) in [5, 5.41) is 11.9. The number of hydrogen-bond acceptors (Lipinski definition) is 7. The van der Waals surface area contributed by atoms with Crippen LogP contribution in [0.4, 0.5) is 5.82 Å². The van der Waals surface area contributed by atoms with Gasteiger partial charge in [0.1, 0.15) is 17.7 Å². The number of hydrogen-bond donors (Lipinski definition) is 2. The highest BCUT2D eigenvalue weighted by Crippen LogP contribution is 2.14. The number of aryl methyl sites for hydroxylation is 1. The van der Waals surface area contributed by atoms with Crippen molar-refractivity contribution in [3.8, 4) is 5.88 Å². The highest BCUT2D eigenvalue weighted by Gasteiger charge is 2.18. The third-order valence-corrected chi connectivity index (χ3v) is 2.10. The molecule has 1 aromatic heterocycles. The fourth-order valence-electron chi connectivity index (χ4n) is 1.34. The maximum absolute atomic E-state index is 11.3. The van der Waals surface area contributed by atoms with Crippen LogP contribution in [0.5, 0.6) is 5.88 Å². The number of ether oxygens (including phenoxy) is 2. The van der Waals surface area contributed by atoms with Crippen molar-refractivity contribution in [1.82, 2.24) is 9.97 Å². The lowest BCUT2D eigenvalue weighted by Gasteiger charge is -2.15. The molecule has 0 saturated heterocycles. The number of nitrogens with one attached hydrogen (secondary N) is 1. The zero-order valence-electron chi connectivity index (χ0n) is 10.6. The minimum absolute atomic E-state index is 0.389. The van der Waals surface area contributed by atoms with Gasteiger partial charge >= 0.3 is 5.97 Å². The lowest BCUT2D eigenvalue weighted by atomic mass is 10.3. The number of carbonyl (C=O) groups excluding carboxylic acids is 1. The Morgan fingerprint density at radius 3 is 2.83 bits per heavy atom. The van der Waals surface area contributed by atoms with Crippen LogP contribution in [-0.2, 0) is 9.53 Å². The van der Waals surface area contributed by atoms with Crippen LogP contribution in [0.3, 0.4) is 0 Å². The third kappa shape index (κ3) is 3.85. The van der Waals surface area contributed by atoms with Crippen LogP contribution >= 0.6 is 0 Å². The first kappa shape index (κ1) is 14.2. The summed E-state index contributed by atoms with van der Waals surface area (Å²) in [7, 11) is 1.25. The average Bonchev–Trinajstić information content (AvgIpc) is 2.34. The van der Waals surface area contributed by atoms with Gasteiger partial charge in [-0.15, -0.1) is 0 Å². The zero-order chi connectivity index (χ0) is 13.5. The molecule has 2 N–H and O–H groups in total. The van der Waals surface area contributed by atoms with Gasteiger partial charge in [0, 0.05) is 6.07 Å². The number of anilines is 1. The smallest absolute Gasteiger partial charge is 0.330 e. The second-order valence-electron chi connectivity index (χ2n) is 3.47. The largest absolute Gasteiger partial charge is 0.478 e. The van der Waals surface area contributed by atoms with Gasteiger partial charge < -0.3 is 19.9 Å². The quantitative estimate of drug-likeness (QED) is 0.698. The van der Waals surface area contributed by atoms with Gasteiger partial charge in [0.25, 0.3) is 0 Å². The van der Waals surface area contributed by atoms with Crippen molar-refractivity contribution in [3.63, 3.8) is 0 Å². The van der Waals surface area contributed by atoms with E-state index in [0.29, 0.717) is 24.1 Å². The Hall–Kier alpha value is -1.89. The van der Waals surface area contributed by atoms with E-state index in [1.807, 2.05) is 6.92 Å². The first-order valence-corrected chi connectivity index (χ1v) is 5.54. The number of aliphatic hydroxyl groups is 1. The second kappa shape index (κ2) is 6.75. The molecule has 0 aliphatic rings. The van der Waals surface area contributed by atoms with Gasteiger partial charge in [-0.3, -0.25) is 0 Å². The van der Waals surface area contributed by atoms with Crippen LogP contribution in [0.25, 0.3) is 0 Å². The first-order chi connectivity index (χ1) is 8.60. The molecule has 0 bridgehead atoms. The lowest BCUT2D eigenvalue weighted by Crippen LogP contribution is -2.34. The monoisotopic (exact) mass is 255 g/mol. The van der Waals surface area contributed by atoms with E-state index >= 15 is 0 Å². The highest BCUT2D eigenvalue weighted by molar-refractivity contribution is 5.78. The Balaban J connectivity index is 2.85. The predicted molar refractivity (Wildman–Crippen MR) is 64.5 cm³/mol. The summed E-state index contributed by atoms with van der Waals surface area (Å²) in [6.45, 7) is 3.64. The Bertz CT molecular complexity index is 411. The van der Waals surface area contributed by atoms with Gasteiger partial charge in [-0.05, 0) is 13.8 Å². The lowest BCUT2D eigenvalue weighted by molar-refractivity contribution is -0.142. The summed E-state index contributed by atoms with van der Waals surface area (Å²) in [4.78, 5) is 19.5. The Kier molecular flexibility index (Phi) is 5.31. The summed E-state index contributed by atoms with van der Waals surface area (Å²) in [5.41, 5.74) is 0. The predicted octanol–water partition coefficient (Wildman–Crippen LogP) is 0.130. The minimum atomic E-state index is -0.862. The van der Waals surface area contributed by atoms with E-state index in [4.69, 9.17) is 9.84 Å². The first-order valence-electron chi connectivity index (χ1n) is 5.54.